The number of halogens is 1. The minimum absolute atomic E-state index is 0.130. The molecular weight excluding hydrogens is 674 g/mol. The highest BCUT2D eigenvalue weighted by Gasteiger charge is 2.40. The van der Waals surface area contributed by atoms with Gasteiger partial charge in [0.15, 0.2) is 0 Å². The molecule has 0 saturated heterocycles. The summed E-state index contributed by atoms with van der Waals surface area (Å²) in [6.45, 7) is 13.5. The molecule has 2 aromatic rings. The average Bonchev–Trinajstić information content (AvgIpc) is 3.06. The Hall–Kier alpha value is -4.09. The molecule has 1 heterocycles. The van der Waals surface area contributed by atoms with Gasteiger partial charge in [0, 0.05) is 24.8 Å². The van der Waals surface area contributed by atoms with Crippen molar-refractivity contribution < 1.29 is 38.1 Å². The maximum absolute atomic E-state index is 13.8. The number of rotatable bonds is 10. The molecule has 0 bridgehead atoms. The van der Waals surface area contributed by atoms with Gasteiger partial charge in [-0.05, 0) is 74.1 Å². The van der Waals surface area contributed by atoms with E-state index in [1.807, 2.05) is 52.0 Å². The van der Waals surface area contributed by atoms with Gasteiger partial charge < -0.3 is 34.9 Å². The molecule has 5 atom stereocenters. The Morgan fingerprint density at radius 2 is 1.61 bits per heavy atom. The van der Waals surface area contributed by atoms with E-state index in [0.29, 0.717) is 29.4 Å². The first kappa shape index (κ1) is 41.3. The molecule has 0 aromatic heterocycles. The van der Waals surface area contributed by atoms with Crippen LogP contribution in [-0.2, 0) is 41.7 Å². The Bertz CT molecular complexity index is 1540. The van der Waals surface area contributed by atoms with Crippen LogP contribution in [0, 0.1) is 16.7 Å². The van der Waals surface area contributed by atoms with Gasteiger partial charge >= 0.3 is 5.97 Å². The maximum atomic E-state index is 13.8. The van der Waals surface area contributed by atoms with Crippen LogP contribution in [-0.4, -0.2) is 68.7 Å². The summed E-state index contributed by atoms with van der Waals surface area (Å²) in [7, 11) is 3.11. The van der Waals surface area contributed by atoms with Crippen molar-refractivity contribution in [1.82, 2.24) is 16.0 Å². The van der Waals surface area contributed by atoms with Crippen molar-refractivity contribution in [2.45, 2.75) is 98.6 Å². The van der Waals surface area contributed by atoms with E-state index in [2.05, 4.69) is 16.0 Å². The molecule has 280 valence electrons. The highest BCUT2D eigenvalue weighted by molar-refractivity contribution is 6.32. The van der Waals surface area contributed by atoms with Crippen molar-refractivity contribution in [3.8, 4) is 11.5 Å². The van der Waals surface area contributed by atoms with Gasteiger partial charge in [0.1, 0.15) is 29.7 Å². The van der Waals surface area contributed by atoms with E-state index in [9.17, 15) is 19.2 Å². The molecule has 1 unspecified atom stereocenters. The number of benzene rings is 2. The number of cyclic esters (lactones) is 1. The standard InChI is InChI=1S/C39H54ClN3O8/c1-24(22-50-23-26-13-16-28(48-8)17-14-26)32-11-10-12-34(44)42-30(20-27-15-18-33(49-9)29(40)19-27)35(45)41-25(2)39(6,7)37(47)43-31(36(46)51-32)21-38(3,4)5/h10,12-19,24-25,30-32H,11,20-23H2,1-9H3,(H,41,45)(H,42,44)(H,43,47)/b12-10+/t24?,25-,30+,31-,32-/m0/s1. The molecule has 3 rings (SSSR count). The van der Waals surface area contributed by atoms with E-state index >= 15 is 0 Å². The Morgan fingerprint density at radius 1 is 0.941 bits per heavy atom. The van der Waals surface area contributed by atoms with Gasteiger partial charge in [-0.2, -0.15) is 0 Å². The van der Waals surface area contributed by atoms with E-state index in [1.165, 1.54) is 13.2 Å². The lowest BCUT2D eigenvalue weighted by Gasteiger charge is -2.35. The minimum atomic E-state index is -1.15. The normalized spacial score (nSPS) is 23.3. The molecule has 0 fully saturated rings. The SMILES string of the molecule is COc1ccc(COCC(C)[C@@H]2C/C=C/C(=O)N[C@H](Cc3ccc(OC)c(Cl)c3)C(=O)N[C@@H](C)C(C)(C)C(=O)N[C@@H](CC(C)(C)C)C(=O)O2)cc1. The van der Waals surface area contributed by atoms with Gasteiger partial charge in [-0.3, -0.25) is 14.4 Å². The van der Waals surface area contributed by atoms with E-state index in [0.717, 1.165) is 11.3 Å². The molecule has 0 aliphatic carbocycles. The molecule has 2 aromatic carbocycles. The summed E-state index contributed by atoms with van der Waals surface area (Å²) in [6.07, 6.45) is 2.90. The molecule has 1 aliphatic rings. The van der Waals surface area contributed by atoms with Gasteiger partial charge in [-0.25, -0.2) is 4.79 Å². The van der Waals surface area contributed by atoms with Crippen LogP contribution in [0.4, 0.5) is 0 Å². The first-order valence-electron chi connectivity index (χ1n) is 17.3. The number of ether oxygens (including phenoxy) is 4. The second kappa shape index (κ2) is 18.4. The molecule has 3 N–H and O–H groups in total. The predicted molar refractivity (Wildman–Crippen MR) is 196 cm³/mol. The number of hydrogen-bond donors (Lipinski definition) is 3. The third kappa shape index (κ3) is 12.6. The number of carbonyl (C=O) groups excluding carboxylic acids is 4. The Morgan fingerprint density at radius 3 is 2.22 bits per heavy atom. The van der Waals surface area contributed by atoms with Crippen molar-refractivity contribution in [1.29, 1.82) is 0 Å². The molecule has 51 heavy (non-hydrogen) atoms. The summed E-state index contributed by atoms with van der Waals surface area (Å²) in [5, 5.41) is 9.01. The van der Waals surface area contributed by atoms with Gasteiger partial charge in [0.05, 0.1) is 37.9 Å². The quantitative estimate of drug-likeness (QED) is 0.270. The van der Waals surface area contributed by atoms with Crippen LogP contribution >= 0.6 is 11.6 Å². The topological polar surface area (TPSA) is 141 Å². The van der Waals surface area contributed by atoms with Crippen molar-refractivity contribution in [3.63, 3.8) is 0 Å². The summed E-state index contributed by atoms with van der Waals surface area (Å²) in [5.41, 5.74) is 0.169. The fourth-order valence-electron chi connectivity index (χ4n) is 5.47. The molecule has 12 heteroatoms. The van der Waals surface area contributed by atoms with Crippen molar-refractivity contribution in [2.75, 3.05) is 20.8 Å². The maximum Gasteiger partial charge on any atom is 0.328 e. The Balaban J connectivity index is 1.92. The molecule has 0 saturated carbocycles. The fourth-order valence-corrected chi connectivity index (χ4v) is 5.75. The highest BCUT2D eigenvalue weighted by Crippen LogP contribution is 2.28. The van der Waals surface area contributed by atoms with Crippen LogP contribution < -0.4 is 25.4 Å². The number of carbonyl (C=O) groups is 4. The van der Waals surface area contributed by atoms with Gasteiger partial charge in [0.2, 0.25) is 17.7 Å². The van der Waals surface area contributed by atoms with Crippen molar-refractivity contribution in [3.05, 3.63) is 70.8 Å². The van der Waals surface area contributed by atoms with Crippen LogP contribution in [0.1, 0.15) is 72.4 Å². The number of methoxy groups -OCH3 is 2. The summed E-state index contributed by atoms with van der Waals surface area (Å²) in [6, 6.07) is 10.0. The van der Waals surface area contributed by atoms with Crippen LogP contribution in [0.2, 0.25) is 5.02 Å². The van der Waals surface area contributed by atoms with Crippen LogP contribution in [0.25, 0.3) is 0 Å². The first-order valence-corrected chi connectivity index (χ1v) is 17.6. The molecular formula is C39H54ClN3O8. The smallest absolute Gasteiger partial charge is 0.328 e. The Labute approximate surface area is 307 Å². The zero-order valence-electron chi connectivity index (χ0n) is 31.3. The lowest BCUT2D eigenvalue weighted by atomic mass is 9.82. The summed E-state index contributed by atoms with van der Waals surface area (Å²) >= 11 is 6.35. The second-order valence-electron chi connectivity index (χ2n) is 14.9. The van der Waals surface area contributed by atoms with E-state index in [-0.39, 0.29) is 30.8 Å². The summed E-state index contributed by atoms with van der Waals surface area (Å²) in [5.74, 6) is -1.05. The zero-order valence-corrected chi connectivity index (χ0v) is 32.0. The number of hydrogen-bond acceptors (Lipinski definition) is 8. The second-order valence-corrected chi connectivity index (χ2v) is 15.3. The fraction of sp³-hybridized carbons (Fsp3) is 0.538. The Kier molecular flexibility index (Phi) is 14.9. The van der Waals surface area contributed by atoms with Crippen LogP contribution in [0.15, 0.2) is 54.6 Å². The number of nitrogens with one attached hydrogen (secondary N) is 3. The molecule has 0 radical (unpaired) electrons. The van der Waals surface area contributed by atoms with Gasteiger partial charge in [-0.1, -0.05) is 63.6 Å². The molecule has 1 aliphatic heterocycles. The first-order chi connectivity index (χ1) is 23.9. The lowest BCUT2D eigenvalue weighted by molar-refractivity contribution is -0.158. The molecule has 11 nitrogen and oxygen atoms in total. The molecule has 0 spiro atoms. The van der Waals surface area contributed by atoms with Crippen LogP contribution in [0.3, 0.4) is 0 Å². The van der Waals surface area contributed by atoms with Gasteiger partial charge in [0.25, 0.3) is 0 Å². The summed E-state index contributed by atoms with van der Waals surface area (Å²) in [4.78, 5) is 54.6. The van der Waals surface area contributed by atoms with E-state index in [1.54, 1.807) is 52.2 Å². The largest absolute Gasteiger partial charge is 0.497 e. The molecule has 3 amide bonds. The monoisotopic (exact) mass is 727 g/mol. The third-order valence-electron chi connectivity index (χ3n) is 9.07. The summed E-state index contributed by atoms with van der Waals surface area (Å²) < 4.78 is 22.6. The highest BCUT2D eigenvalue weighted by atomic mass is 35.5. The predicted octanol–water partition coefficient (Wildman–Crippen LogP) is 5.56. The van der Waals surface area contributed by atoms with E-state index in [4.69, 9.17) is 30.5 Å². The van der Waals surface area contributed by atoms with Crippen LogP contribution in [0.5, 0.6) is 11.5 Å². The lowest BCUT2D eigenvalue weighted by Crippen LogP contribution is -2.58. The minimum Gasteiger partial charge on any atom is -0.497 e. The van der Waals surface area contributed by atoms with Gasteiger partial charge in [-0.15, -0.1) is 0 Å². The number of amides is 3. The van der Waals surface area contributed by atoms with Crippen molar-refractivity contribution >= 4 is 35.3 Å². The van der Waals surface area contributed by atoms with E-state index < -0.39 is 53.3 Å². The average molecular weight is 728 g/mol. The zero-order chi connectivity index (χ0) is 37.9. The van der Waals surface area contributed by atoms with Crippen molar-refractivity contribution in [2.24, 2.45) is 16.7 Å². The third-order valence-corrected chi connectivity index (χ3v) is 9.37. The number of esters is 1.